The molecule has 7 nitrogen and oxygen atoms in total. The molecule has 0 saturated carbocycles. The summed E-state index contributed by atoms with van der Waals surface area (Å²) >= 11 is 0. The van der Waals surface area contributed by atoms with Crippen LogP contribution in [0.1, 0.15) is 28.5 Å². The summed E-state index contributed by atoms with van der Waals surface area (Å²) in [6, 6.07) is 11.4. The van der Waals surface area contributed by atoms with E-state index >= 15 is 0 Å². The minimum absolute atomic E-state index is 0.0514. The van der Waals surface area contributed by atoms with Crippen LogP contribution in [0.25, 0.3) is 5.82 Å². The maximum Gasteiger partial charge on any atom is 0.257 e. The number of methoxy groups -OCH3 is 2. The highest BCUT2D eigenvalue weighted by atomic mass is 16.5. The van der Waals surface area contributed by atoms with Crippen LogP contribution in [0.4, 0.5) is 0 Å². The fraction of sp³-hybridized carbons (Fsp3) is 0.318. The number of hydrogen-bond acceptors (Lipinski definition) is 5. The molecule has 3 aromatic rings. The van der Waals surface area contributed by atoms with Crippen molar-refractivity contribution in [2.75, 3.05) is 27.8 Å². The van der Waals surface area contributed by atoms with Gasteiger partial charge in [0.15, 0.2) is 17.3 Å². The van der Waals surface area contributed by atoms with E-state index in [0.29, 0.717) is 42.3 Å². The minimum atomic E-state index is -0.0514. The number of pyridine rings is 1. The number of hydrogen-bond donors (Lipinski definition) is 0. The average Bonchev–Trinajstić information content (AvgIpc) is 3.21. The van der Waals surface area contributed by atoms with Crippen LogP contribution in [0.3, 0.4) is 0 Å². The number of likely N-dealkylation sites (N-methyl/N-ethyl adjacent to an activating group) is 1. The molecule has 0 unspecified atom stereocenters. The highest BCUT2D eigenvalue weighted by Gasteiger charge is 2.20. The van der Waals surface area contributed by atoms with Crippen molar-refractivity contribution in [2.45, 2.75) is 19.8 Å². The van der Waals surface area contributed by atoms with Gasteiger partial charge in [0.1, 0.15) is 0 Å². The Bertz CT molecular complexity index is 969. The van der Waals surface area contributed by atoms with Gasteiger partial charge in [-0.25, -0.2) is 9.67 Å². The van der Waals surface area contributed by atoms with Gasteiger partial charge in [-0.1, -0.05) is 19.1 Å². The molecule has 0 spiro atoms. The van der Waals surface area contributed by atoms with Crippen LogP contribution in [0.2, 0.25) is 0 Å². The second kappa shape index (κ2) is 9.23. The molecule has 0 radical (unpaired) electrons. The number of ether oxygens (including phenoxy) is 2. The van der Waals surface area contributed by atoms with E-state index in [4.69, 9.17) is 9.47 Å². The Balaban J connectivity index is 1.73. The molecular weight excluding hydrogens is 368 g/mol. The lowest BCUT2D eigenvalue weighted by atomic mass is 10.1. The highest BCUT2D eigenvalue weighted by Crippen LogP contribution is 2.27. The predicted octanol–water partition coefficient (Wildman–Crippen LogP) is 3.16. The van der Waals surface area contributed by atoms with Gasteiger partial charge in [-0.3, -0.25) is 4.79 Å². The summed E-state index contributed by atoms with van der Waals surface area (Å²) < 4.78 is 12.4. The van der Waals surface area contributed by atoms with Crippen molar-refractivity contribution >= 4 is 5.91 Å². The molecule has 3 rings (SSSR count). The summed E-state index contributed by atoms with van der Waals surface area (Å²) in [4.78, 5) is 19.1. The smallest absolute Gasteiger partial charge is 0.257 e. The molecule has 0 aliphatic heterocycles. The maximum absolute atomic E-state index is 13.0. The van der Waals surface area contributed by atoms with Crippen LogP contribution in [0, 0.1) is 0 Å². The number of amides is 1. The van der Waals surface area contributed by atoms with Crippen LogP contribution in [0.15, 0.2) is 48.8 Å². The molecule has 2 aromatic heterocycles. The third-order valence-corrected chi connectivity index (χ3v) is 4.83. The number of aromatic nitrogens is 3. The van der Waals surface area contributed by atoms with E-state index in [1.54, 1.807) is 43.2 Å². The molecule has 7 heteroatoms. The van der Waals surface area contributed by atoms with Gasteiger partial charge in [0.25, 0.3) is 5.91 Å². The third-order valence-electron chi connectivity index (χ3n) is 4.83. The Kier molecular flexibility index (Phi) is 6.49. The standard InChI is InChI=1S/C22H26N4O3/c1-5-18-17(15-24-26(18)21-8-6-7-12-23-21)22(27)25(2)13-11-16-9-10-19(28-3)20(14-16)29-4/h6-10,12,14-15H,5,11,13H2,1-4H3. The first kappa shape index (κ1) is 20.4. The summed E-state index contributed by atoms with van der Waals surface area (Å²) in [5.74, 6) is 2.03. The lowest BCUT2D eigenvalue weighted by Crippen LogP contribution is -2.29. The van der Waals surface area contributed by atoms with E-state index in [-0.39, 0.29) is 5.91 Å². The lowest BCUT2D eigenvalue weighted by Gasteiger charge is -2.18. The molecule has 2 heterocycles. The number of carbonyl (C=O) groups excluding carboxylic acids is 1. The monoisotopic (exact) mass is 394 g/mol. The van der Waals surface area contributed by atoms with Crippen molar-refractivity contribution in [1.29, 1.82) is 0 Å². The van der Waals surface area contributed by atoms with Gasteiger partial charge in [-0.05, 0) is 42.7 Å². The first-order valence-electron chi connectivity index (χ1n) is 9.53. The Morgan fingerprint density at radius 2 is 1.93 bits per heavy atom. The molecule has 0 saturated heterocycles. The van der Waals surface area contributed by atoms with Crippen molar-refractivity contribution in [3.05, 3.63) is 65.6 Å². The number of benzene rings is 1. The van der Waals surface area contributed by atoms with E-state index in [0.717, 1.165) is 11.3 Å². The normalized spacial score (nSPS) is 10.6. The Labute approximate surface area is 170 Å². The lowest BCUT2D eigenvalue weighted by molar-refractivity contribution is 0.0795. The van der Waals surface area contributed by atoms with Gasteiger partial charge in [-0.15, -0.1) is 0 Å². The molecule has 0 atom stereocenters. The largest absolute Gasteiger partial charge is 0.493 e. The maximum atomic E-state index is 13.0. The van der Waals surface area contributed by atoms with E-state index in [1.165, 1.54) is 0 Å². The van der Waals surface area contributed by atoms with Gasteiger partial charge < -0.3 is 14.4 Å². The molecule has 1 aromatic carbocycles. The average molecular weight is 394 g/mol. The second-order valence-electron chi connectivity index (χ2n) is 6.62. The molecule has 0 fully saturated rings. The fourth-order valence-corrected chi connectivity index (χ4v) is 3.21. The zero-order valence-corrected chi connectivity index (χ0v) is 17.3. The van der Waals surface area contributed by atoms with Crippen LogP contribution < -0.4 is 9.47 Å². The van der Waals surface area contributed by atoms with Crippen LogP contribution in [0.5, 0.6) is 11.5 Å². The topological polar surface area (TPSA) is 69.5 Å². The Morgan fingerprint density at radius 3 is 2.59 bits per heavy atom. The zero-order chi connectivity index (χ0) is 20.8. The molecular formula is C22H26N4O3. The van der Waals surface area contributed by atoms with Gasteiger partial charge in [0.2, 0.25) is 0 Å². The van der Waals surface area contributed by atoms with Crippen LogP contribution in [-0.4, -0.2) is 53.4 Å². The molecule has 0 aliphatic rings. The summed E-state index contributed by atoms with van der Waals surface area (Å²) in [6.07, 6.45) is 4.73. The minimum Gasteiger partial charge on any atom is -0.493 e. The summed E-state index contributed by atoms with van der Waals surface area (Å²) in [5, 5.41) is 4.40. The quantitative estimate of drug-likeness (QED) is 0.587. The van der Waals surface area contributed by atoms with Crippen molar-refractivity contribution in [3.63, 3.8) is 0 Å². The molecule has 0 aliphatic carbocycles. The van der Waals surface area contributed by atoms with E-state index in [9.17, 15) is 4.79 Å². The third kappa shape index (κ3) is 4.39. The zero-order valence-electron chi connectivity index (χ0n) is 17.3. The summed E-state index contributed by atoms with van der Waals surface area (Å²) in [5.41, 5.74) is 2.53. The van der Waals surface area contributed by atoms with Gasteiger partial charge >= 0.3 is 0 Å². The Hall–Kier alpha value is -3.35. The number of nitrogens with zero attached hydrogens (tertiary/aromatic N) is 4. The molecule has 1 amide bonds. The van der Waals surface area contributed by atoms with E-state index in [1.807, 2.05) is 43.3 Å². The van der Waals surface area contributed by atoms with Crippen molar-refractivity contribution < 1.29 is 14.3 Å². The fourth-order valence-electron chi connectivity index (χ4n) is 3.21. The number of rotatable bonds is 8. The summed E-state index contributed by atoms with van der Waals surface area (Å²) in [6.45, 7) is 2.59. The highest BCUT2D eigenvalue weighted by molar-refractivity contribution is 5.95. The van der Waals surface area contributed by atoms with Crippen molar-refractivity contribution in [2.24, 2.45) is 0 Å². The van der Waals surface area contributed by atoms with Gasteiger partial charge in [0, 0.05) is 19.8 Å². The van der Waals surface area contributed by atoms with E-state index < -0.39 is 0 Å². The molecule has 152 valence electrons. The first-order valence-corrected chi connectivity index (χ1v) is 9.53. The molecule has 29 heavy (non-hydrogen) atoms. The van der Waals surface area contributed by atoms with E-state index in [2.05, 4.69) is 10.1 Å². The van der Waals surface area contributed by atoms with Gasteiger partial charge in [0.05, 0.1) is 31.7 Å². The van der Waals surface area contributed by atoms with Crippen LogP contribution in [-0.2, 0) is 12.8 Å². The Morgan fingerprint density at radius 1 is 1.14 bits per heavy atom. The summed E-state index contributed by atoms with van der Waals surface area (Å²) in [7, 11) is 5.03. The molecule has 0 N–H and O–H groups in total. The van der Waals surface area contributed by atoms with Gasteiger partial charge in [-0.2, -0.15) is 5.10 Å². The predicted molar refractivity (Wildman–Crippen MR) is 111 cm³/mol. The SMILES string of the molecule is CCc1c(C(=O)N(C)CCc2ccc(OC)c(OC)c2)cnn1-c1ccccn1. The molecule has 0 bridgehead atoms. The van der Waals surface area contributed by atoms with Crippen molar-refractivity contribution in [1.82, 2.24) is 19.7 Å². The first-order chi connectivity index (χ1) is 14.1. The van der Waals surface area contributed by atoms with Crippen molar-refractivity contribution in [3.8, 4) is 17.3 Å². The second-order valence-corrected chi connectivity index (χ2v) is 6.62. The van der Waals surface area contributed by atoms with Crippen LogP contribution >= 0.6 is 0 Å². The number of carbonyl (C=O) groups is 1.